The molecule has 0 spiro atoms. The summed E-state index contributed by atoms with van der Waals surface area (Å²) in [6, 6.07) is 12.1. The molecule has 6 heteroatoms. The molecule has 1 fully saturated rings. The number of halogens is 3. The second kappa shape index (κ2) is 10.3. The minimum Gasteiger partial charge on any atom is -1.00 e. The highest BCUT2D eigenvalue weighted by Crippen LogP contribution is 2.37. The van der Waals surface area contributed by atoms with E-state index in [1.54, 1.807) is 7.11 Å². The van der Waals surface area contributed by atoms with Crippen LogP contribution < -0.4 is 27.2 Å². The van der Waals surface area contributed by atoms with Crippen molar-refractivity contribution in [2.75, 3.05) is 7.11 Å². The molecule has 0 aliphatic heterocycles. The maximum atomic E-state index is 6.45. The van der Waals surface area contributed by atoms with Crippen LogP contribution in [0.4, 0.5) is 0 Å². The second-order valence-corrected chi connectivity index (χ2v) is 7.17. The Morgan fingerprint density at radius 2 is 1.81 bits per heavy atom. The first-order valence-corrected chi connectivity index (χ1v) is 9.39. The van der Waals surface area contributed by atoms with Crippen molar-refractivity contribution in [2.45, 2.75) is 44.9 Å². The molecule has 2 aromatic rings. The van der Waals surface area contributed by atoms with Crippen LogP contribution in [0.3, 0.4) is 0 Å². The molecule has 0 atom stereocenters. The monoisotopic (exact) mass is 414 g/mol. The van der Waals surface area contributed by atoms with E-state index in [-0.39, 0.29) is 12.4 Å². The molecule has 2 aromatic carbocycles. The van der Waals surface area contributed by atoms with Crippen molar-refractivity contribution in [1.82, 2.24) is 5.32 Å². The number of benzene rings is 2. The Morgan fingerprint density at radius 3 is 2.50 bits per heavy atom. The van der Waals surface area contributed by atoms with Crippen molar-refractivity contribution < 1.29 is 21.9 Å². The fraction of sp³-hybridized carbons (Fsp3) is 0.400. The van der Waals surface area contributed by atoms with Gasteiger partial charge in [-0.15, -0.1) is 0 Å². The number of hydrogen-bond donors (Lipinski definition) is 1. The lowest BCUT2D eigenvalue weighted by atomic mass is 10.1. The third kappa shape index (κ3) is 5.43. The van der Waals surface area contributed by atoms with Gasteiger partial charge in [0, 0.05) is 23.2 Å². The van der Waals surface area contributed by atoms with Crippen LogP contribution >= 0.6 is 23.2 Å². The standard InChI is InChI=1S/C20H23Cl2NO2.ClH/c1-24-19-11-14(12-23-16-7-3-4-8-16)10-18(22)20(19)25-13-15-6-2-5-9-17(15)21;/h2,5-6,9-11,16,23H,3-4,7-8,12-13H2,1H3;1H/p-1. The van der Waals surface area contributed by atoms with Crippen LogP contribution in [0.1, 0.15) is 36.8 Å². The first-order valence-electron chi connectivity index (χ1n) is 8.63. The zero-order valence-electron chi connectivity index (χ0n) is 14.7. The van der Waals surface area contributed by atoms with Crippen LogP contribution in [0.15, 0.2) is 36.4 Å². The highest BCUT2D eigenvalue weighted by Gasteiger charge is 2.16. The predicted octanol–water partition coefficient (Wildman–Crippen LogP) is 2.62. The van der Waals surface area contributed by atoms with E-state index in [0.29, 0.717) is 34.2 Å². The van der Waals surface area contributed by atoms with Crippen LogP contribution in [0.2, 0.25) is 10.0 Å². The molecule has 1 N–H and O–H groups in total. The maximum absolute atomic E-state index is 6.45. The first-order chi connectivity index (χ1) is 12.2. The van der Waals surface area contributed by atoms with E-state index in [0.717, 1.165) is 17.7 Å². The van der Waals surface area contributed by atoms with Gasteiger partial charge >= 0.3 is 0 Å². The summed E-state index contributed by atoms with van der Waals surface area (Å²) in [7, 11) is 1.63. The van der Waals surface area contributed by atoms with Crippen molar-refractivity contribution in [3.8, 4) is 11.5 Å². The molecule has 0 aromatic heterocycles. The lowest BCUT2D eigenvalue weighted by Crippen LogP contribution is -3.00. The quantitative estimate of drug-likeness (QED) is 0.754. The van der Waals surface area contributed by atoms with Crippen LogP contribution in [-0.2, 0) is 13.2 Å². The summed E-state index contributed by atoms with van der Waals surface area (Å²) in [5, 5.41) is 4.82. The molecule has 1 saturated carbocycles. The minimum absolute atomic E-state index is 0. The van der Waals surface area contributed by atoms with Gasteiger partial charge < -0.3 is 27.2 Å². The second-order valence-electron chi connectivity index (χ2n) is 6.35. The zero-order chi connectivity index (χ0) is 17.6. The average molecular weight is 416 g/mol. The Hall–Kier alpha value is -1.13. The first kappa shape index (κ1) is 21.2. The topological polar surface area (TPSA) is 30.5 Å². The molecule has 0 heterocycles. The molecule has 1 aliphatic carbocycles. The number of methoxy groups -OCH3 is 1. The lowest BCUT2D eigenvalue weighted by molar-refractivity contribution is -0.00000553. The van der Waals surface area contributed by atoms with Crippen LogP contribution in [0.25, 0.3) is 0 Å². The number of rotatable bonds is 7. The third-order valence-corrected chi connectivity index (χ3v) is 5.22. The molecule has 3 rings (SSSR count). The molecule has 3 nitrogen and oxygen atoms in total. The molecule has 1 aliphatic rings. The zero-order valence-corrected chi connectivity index (χ0v) is 17.0. The van der Waals surface area contributed by atoms with Gasteiger partial charge in [0.2, 0.25) is 0 Å². The molecular formula is C20H23Cl3NO2-. The van der Waals surface area contributed by atoms with Gasteiger partial charge in [0.15, 0.2) is 11.5 Å². The van der Waals surface area contributed by atoms with Crippen LogP contribution in [0, 0.1) is 0 Å². The fourth-order valence-electron chi connectivity index (χ4n) is 3.17. The summed E-state index contributed by atoms with van der Waals surface area (Å²) in [5.41, 5.74) is 2.01. The molecule has 0 unspecified atom stereocenters. The van der Waals surface area contributed by atoms with E-state index in [9.17, 15) is 0 Å². The normalized spacial score (nSPS) is 14.1. The number of nitrogens with one attached hydrogen (secondary N) is 1. The van der Waals surface area contributed by atoms with Crippen molar-refractivity contribution >= 4 is 23.2 Å². The molecule has 0 bridgehead atoms. The van der Waals surface area contributed by atoms with E-state index >= 15 is 0 Å². The Labute approximate surface area is 171 Å². The predicted molar refractivity (Wildman–Crippen MR) is 103 cm³/mol. The van der Waals surface area contributed by atoms with E-state index in [4.69, 9.17) is 32.7 Å². The summed E-state index contributed by atoms with van der Waals surface area (Å²) in [5.74, 6) is 1.19. The summed E-state index contributed by atoms with van der Waals surface area (Å²) in [6.45, 7) is 1.13. The van der Waals surface area contributed by atoms with Gasteiger partial charge in [-0.25, -0.2) is 0 Å². The van der Waals surface area contributed by atoms with E-state index in [2.05, 4.69) is 5.32 Å². The summed E-state index contributed by atoms with van der Waals surface area (Å²) in [6.07, 6.45) is 5.14. The van der Waals surface area contributed by atoms with Crippen molar-refractivity contribution in [2.24, 2.45) is 0 Å². The van der Waals surface area contributed by atoms with Crippen LogP contribution in [0.5, 0.6) is 11.5 Å². The van der Waals surface area contributed by atoms with Gasteiger partial charge in [0.05, 0.1) is 12.1 Å². The Morgan fingerprint density at radius 1 is 1.08 bits per heavy atom. The van der Waals surface area contributed by atoms with Crippen molar-refractivity contribution in [3.63, 3.8) is 0 Å². The molecule has 0 radical (unpaired) electrons. The fourth-order valence-corrected chi connectivity index (χ4v) is 3.65. The lowest BCUT2D eigenvalue weighted by Gasteiger charge is -2.16. The Bertz CT molecular complexity index is 718. The Kier molecular flexibility index (Phi) is 8.36. The Balaban J connectivity index is 0.00000243. The highest BCUT2D eigenvalue weighted by atomic mass is 35.5. The largest absolute Gasteiger partial charge is 1.00 e. The molecule has 0 saturated heterocycles. The van der Waals surface area contributed by atoms with Crippen molar-refractivity contribution in [1.29, 1.82) is 0 Å². The van der Waals surface area contributed by atoms with Gasteiger partial charge in [-0.1, -0.05) is 54.2 Å². The summed E-state index contributed by atoms with van der Waals surface area (Å²) in [4.78, 5) is 0. The van der Waals surface area contributed by atoms with Gasteiger partial charge in [0.1, 0.15) is 6.61 Å². The van der Waals surface area contributed by atoms with Gasteiger partial charge in [-0.2, -0.15) is 0 Å². The third-order valence-electron chi connectivity index (χ3n) is 4.57. The smallest absolute Gasteiger partial charge is 0.180 e. The van der Waals surface area contributed by atoms with E-state index in [1.165, 1.54) is 25.7 Å². The minimum atomic E-state index is 0. The SMILES string of the molecule is COc1cc(CNC2CCCC2)cc(Cl)c1OCc1ccccc1Cl.[Cl-]. The van der Waals surface area contributed by atoms with Gasteiger partial charge in [-0.05, 0) is 36.6 Å². The average Bonchev–Trinajstić information content (AvgIpc) is 3.13. The van der Waals surface area contributed by atoms with E-state index in [1.807, 2.05) is 36.4 Å². The maximum Gasteiger partial charge on any atom is 0.180 e. The molecular weight excluding hydrogens is 393 g/mol. The molecule has 26 heavy (non-hydrogen) atoms. The van der Waals surface area contributed by atoms with Crippen molar-refractivity contribution in [3.05, 3.63) is 57.6 Å². The molecule has 142 valence electrons. The van der Waals surface area contributed by atoms with E-state index < -0.39 is 0 Å². The van der Waals surface area contributed by atoms with Crippen LogP contribution in [-0.4, -0.2) is 13.2 Å². The molecule has 0 amide bonds. The summed E-state index contributed by atoms with van der Waals surface area (Å²) >= 11 is 12.6. The van der Waals surface area contributed by atoms with Gasteiger partial charge in [0.25, 0.3) is 0 Å². The van der Waals surface area contributed by atoms with Gasteiger partial charge in [-0.3, -0.25) is 0 Å². The number of hydrogen-bond acceptors (Lipinski definition) is 3. The summed E-state index contributed by atoms with van der Waals surface area (Å²) < 4.78 is 11.4. The highest BCUT2D eigenvalue weighted by molar-refractivity contribution is 6.32. The number of ether oxygens (including phenoxy) is 2.